The van der Waals surface area contributed by atoms with Gasteiger partial charge in [0.2, 0.25) is 0 Å². The van der Waals surface area contributed by atoms with Gasteiger partial charge in [0, 0.05) is 18.2 Å². The lowest BCUT2D eigenvalue weighted by Gasteiger charge is -2.34. The van der Waals surface area contributed by atoms with E-state index >= 15 is 0 Å². The average Bonchev–Trinajstić information content (AvgIpc) is 3.38. The first-order chi connectivity index (χ1) is 14.5. The van der Waals surface area contributed by atoms with E-state index in [1.165, 1.54) is 0 Å². The zero-order valence-corrected chi connectivity index (χ0v) is 17.7. The van der Waals surface area contributed by atoms with Crippen molar-refractivity contribution in [1.29, 1.82) is 0 Å². The van der Waals surface area contributed by atoms with E-state index < -0.39 is 9.84 Å². The Labute approximate surface area is 177 Å². The molecule has 0 unspecified atom stereocenters. The van der Waals surface area contributed by atoms with Gasteiger partial charge in [-0.05, 0) is 43.5 Å². The molecule has 0 spiro atoms. The van der Waals surface area contributed by atoms with Gasteiger partial charge in [-0.3, -0.25) is 4.79 Å². The van der Waals surface area contributed by atoms with Crippen LogP contribution < -0.4 is 9.47 Å². The highest BCUT2D eigenvalue weighted by Gasteiger charge is 2.39. The molecule has 0 N–H and O–H groups in total. The van der Waals surface area contributed by atoms with E-state index in [0.717, 1.165) is 31.4 Å². The maximum atomic E-state index is 13.1. The van der Waals surface area contributed by atoms with Crippen LogP contribution in [-0.4, -0.2) is 49.4 Å². The van der Waals surface area contributed by atoms with E-state index in [1.807, 2.05) is 47.4 Å². The molecule has 1 atom stereocenters. The predicted molar refractivity (Wildman–Crippen MR) is 115 cm³/mol. The minimum Gasteiger partial charge on any atom is -0.484 e. The molecular formula is C23H27NO5S. The fourth-order valence-electron chi connectivity index (χ4n) is 4.35. The minimum absolute atomic E-state index is 0.0651. The fourth-order valence-corrected chi connectivity index (χ4v) is 6.07. The second-order valence-electron chi connectivity index (χ2n) is 7.97. The molecule has 1 amide bonds. The molecule has 2 aromatic rings. The van der Waals surface area contributed by atoms with Crippen molar-refractivity contribution in [3.05, 3.63) is 54.6 Å². The van der Waals surface area contributed by atoms with Crippen LogP contribution in [0.25, 0.3) is 0 Å². The molecule has 2 aliphatic rings. The maximum Gasteiger partial charge on any atom is 0.261 e. The summed E-state index contributed by atoms with van der Waals surface area (Å²) >= 11 is 0. The zero-order chi connectivity index (χ0) is 21.0. The van der Waals surface area contributed by atoms with Gasteiger partial charge in [-0.2, -0.15) is 0 Å². The van der Waals surface area contributed by atoms with Crippen molar-refractivity contribution in [2.24, 2.45) is 0 Å². The van der Waals surface area contributed by atoms with Crippen molar-refractivity contribution in [3.63, 3.8) is 0 Å². The maximum absolute atomic E-state index is 13.1. The third-order valence-corrected chi connectivity index (χ3v) is 7.50. The second kappa shape index (κ2) is 9.08. The average molecular weight is 430 g/mol. The fraction of sp³-hybridized carbons (Fsp3) is 0.435. The molecule has 7 heteroatoms. The minimum atomic E-state index is -3.06. The van der Waals surface area contributed by atoms with Gasteiger partial charge in [0.15, 0.2) is 16.4 Å². The Balaban J connectivity index is 1.41. The highest BCUT2D eigenvalue weighted by Crippen LogP contribution is 2.30. The number of para-hydroxylation sites is 1. The molecule has 0 radical (unpaired) electrons. The number of rotatable bonds is 7. The van der Waals surface area contributed by atoms with Gasteiger partial charge in [-0.15, -0.1) is 0 Å². The Kier molecular flexibility index (Phi) is 6.27. The van der Waals surface area contributed by atoms with E-state index in [2.05, 4.69) is 0 Å². The van der Waals surface area contributed by atoms with Gasteiger partial charge in [-0.25, -0.2) is 8.42 Å². The number of benzene rings is 2. The molecule has 4 rings (SSSR count). The largest absolute Gasteiger partial charge is 0.484 e. The summed E-state index contributed by atoms with van der Waals surface area (Å²) in [6.07, 6.45) is 4.54. The van der Waals surface area contributed by atoms with Crippen LogP contribution in [0.15, 0.2) is 54.6 Å². The summed E-state index contributed by atoms with van der Waals surface area (Å²) in [6, 6.07) is 16.5. The molecule has 2 fully saturated rings. The topological polar surface area (TPSA) is 72.9 Å². The van der Waals surface area contributed by atoms with E-state index in [0.29, 0.717) is 17.9 Å². The van der Waals surface area contributed by atoms with Crippen LogP contribution in [0, 0.1) is 0 Å². The van der Waals surface area contributed by atoms with Crippen molar-refractivity contribution in [3.8, 4) is 17.2 Å². The zero-order valence-electron chi connectivity index (χ0n) is 16.9. The molecule has 1 aliphatic heterocycles. The number of nitrogens with zero attached hydrogens (tertiary/aromatic N) is 1. The molecule has 1 saturated heterocycles. The normalized spacial score (nSPS) is 20.7. The Bertz CT molecular complexity index is 970. The summed E-state index contributed by atoms with van der Waals surface area (Å²) in [7, 11) is -3.06. The standard InChI is InChI=1S/C23H27NO5S/c25-23(24(18-7-4-5-8-18)19-13-14-30(26,27)17-19)16-28-21-11-6-12-22(15-21)29-20-9-2-1-3-10-20/h1-3,6,9-12,15,18-19H,4-5,7-8,13-14,16-17H2/t19-/m1/s1. The summed E-state index contributed by atoms with van der Waals surface area (Å²) in [5, 5.41) is 0. The van der Waals surface area contributed by atoms with Crippen molar-refractivity contribution in [2.45, 2.75) is 44.2 Å². The first-order valence-electron chi connectivity index (χ1n) is 10.5. The highest BCUT2D eigenvalue weighted by atomic mass is 32.2. The van der Waals surface area contributed by atoms with E-state index in [9.17, 15) is 13.2 Å². The van der Waals surface area contributed by atoms with Gasteiger partial charge in [0.05, 0.1) is 11.5 Å². The van der Waals surface area contributed by atoms with Crippen LogP contribution in [0.4, 0.5) is 0 Å². The quantitative estimate of drug-likeness (QED) is 0.669. The predicted octanol–water partition coefficient (Wildman–Crippen LogP) is 3.82. The number of ether oxygens (including phenoxy) is 2. The van der Waals surface area contributed by atoms with E-state index in [1.54, 1.807) is 12.1 Å². The summed E-state index contributed by atoms with van der Waals surface area (Å²) < 4.78 is 35.5. The van der Waals surface area contributed by atoms with E-state index in [4.69, 9.17) is 9.47 Å². The Morgan fingerprint density at radius 3 is 2.30 bits per heavy atom. The lowest BCUT2D eigenvalue weighted by molar-refractivity contribution is -0.137. The first kappa shape index (κ1) is 20.7. The third-order valence-electron chi connectivity index (χ3n) is 5.75. The van der Waals surface area contributed by atoms with Crippen LogP contribution >= 0.6 is 0 Å². The van der Waals surface area contributed by atoms with Gasteiger partial charge in [-0.1, -0.05) is 37.1 Å². The van der Waals surface area contributed by atoms with Gasteiger partial charge < -0.3 is 14.4 Å². The van der Waals surface area contributed by atoms with Gasteiger partial charge in [0.25, 0.3) is 5.91 Å². The van der Waals surface area contributed by atoms with Crippen LogP contribution in [0.5, 0.6) is 17.2 Å². The molecule has 30 heavy (non-hydrogen) atoms. The number of sulfone groups is 1. The third kappa shape index (κ3) is 5.14. The Morgan fingerprint density at radius 2 is 1.60 bits per heavy atom. The highest BCUT2D eigenvalue weighted by molar-refractivity contribution is 7.91. The van der Waals surface area contributed by atoms with Crippen molar-refractivity contribution < 1.29 is 22.7 Å². The number of hydrogen-bond donors (Lipinski definition) is 0. The summed E-state index contributed by atoms with van der Waals surface area (Å²) in [5.74, 6) is 1.98. The van der Waals surface area contributed by atoms with Crippen LogP contribution in [-0.2, 0) is 14.6 Å². The lowest BCUT2D eigenvalue weighted by atomic mass is 10.1. The first-order valence-corrected chi connectivity index (χ1v) is 12.3. The monoisotopic (exact) mass is 429 g/mol. The Hall–Kier alpha value is -2.54. The van der Waals surface area contributed by atoms with Crippen molar-refractivity contribution in [1.82, 2.24) is 4.90 Å². The number of carbonyl (C=O) groups is 1. The van der Waals surface area contributed by atoms with E-state index in [-0.39, 0.29) is 36.1 Å². The molecule has 2 aromatic carbocycles. The molecule has 160 valence electrons. The second-order valence-corrected chi connectivity index (χ2v) is 10.2. The smallest absolute Gasteiger partial charge is 0.261 e. The molecule has 0 aromatic heterocycles. The van der Waals surface area contributed by atoms with Gasteiger partial charge in [0.1, 0.15) is 17.2 Å². The number of hydrogen-bond acceptors (Lipinski definition) is 5. The SMILES string of the molecule is O=C(COc1cccc(Oc2ccccc2)c1)N(C1CCCC1)[C@@H]1CCS(=O)(=O)C1. The van der Waals surface area contributed by atoms with Crippen LogP contribution in [0.1, 0.15) is 32.1 Å². The molecule has 1 heterocycles. The van der Waals surface area contributed by atoms with Crippen molar-refractivity contribution >= 4 is 15.7 Å². The molecule has 0 bridgehead atoms. The van der Waals surface area contributed by atoms with Crippen LogP contribution in [0.2, 0.25) is 0 Å². The lowest BCUT2D eigenvalue weighted by Crippen LogP contribution is -2.48. The van der Waals surface area contributed by atoms with Crippen LogP contribution in [0.3, 0.4) is 0 Å². The summed E-state index contributed by atoms with van der Waals surface area (Å²) in [5.41, 5.74) is 0. The Morgan fingerprint density at radius 1 is 0.900 bits per heavy atom. The molecule has 6 nitrogen and oxygen atoms in total. The summed E-state index contributed by atoms with van der Waals surface area (Å²) in [4.78, 5) is 14.9. The molecule has 1 aliphatic carbocycles. The number of amides is 1. The molecule has 1 saturated carbocycles. The van der Waals surface area contributed by atoms with Gasteiger partial charge >= 0.3 is 0 Å². The van der Waals surface area contributed by atoms with Crippen molar-refractivity contribution in [2.75, 3.05) is 18.1 Å². The number of carbonyl (C=O) groups excluding carboxylic acids is 1. The molecular weight excluding hydrogens is 402 g/mol. The summed E-state index contributed by atoms with van der Waals surface area (Å²) in [6.45, 7) is -0.109.